The number of amides is 1. The lowest BCUT2D eigenvalue weighted by molar-refractivity contribution is -0.121. The number of nitrogens with zero attached hydrogens (tertiary/aromatic N) is 2. The van der Waals surface area contributed by atoms with Crippen LogP contribution in [0.1, 0.15) is 20.3 Å². The number of aromatic amines is 1. The van der Waals surface area contributed by atoms with E-state index in [1.807, 2.05) is 16.7 Å². The number of aromatic nitrogens is 3. The Morgan fingerprint density at radius 1 is 1.58 bits per heavy atom. The van der Waals surface area contributed by atoms with Crippen molar-refractivity contribution in [3.05, 3.63) is 23.1 Å². The van der Waals surface area contributed by atoms with Crippen LogP contribution in [0.3, 0.4) is 0 Å². The van der Waals surface area contributed by atoms with Crippen LogP contribution in [0, 0.1) is 10.7 Å². The van der Waals surface area contributed by atoms with Crippen LogP contribution in [0.15, 0.2) is 18.3 Å². The molecule has 0 aliphatic carbocycles. The van der Waals surface area contributed by atoms with Gasteiger partial charge in [0.1, 0.15) is 0 Å². The van der Waals surface area contributed by atoms with Crippen molar-refractivity contribution in [3.8, 4) is 0 Å². The summed E-state index contributed by atoms with van der Waals surface area (Å²) in [5, 5.41) is 2.90. The van der Waals surface area contributed by atoms with Gasteiger partial charge in [-0.05, 0) is 30.3 Å². The van der Waals surface area contributed by atoms with Crippen LogP contribution in [0.4, 0.5) is 0 Å². The molecule has 2 rings (SSSR count). The zero-order valence-corrected chi connectivity index (χ0v) is 12.0. The third-order valence-corrected chi connectivity index (χ3v) is 3.12. The number of imidazole rings is 1. The average molecular weight is 278 g/mol. The third-order valence-electron chi connectivity index (χ3n) is 2.80. The number of H-pyrrole nitrogens is 1. The van der Waals surface area contributed by atoms with Crippen molar-refractivity contribution >= 4 is 29.3 Å². The molecule has 19 heavy (non-hydrogen) atoms. The molecule has 0 aliphatic heterocycles. The van der Waals surface area contributed by atoms with E-state index in [2.05, 4.69) is 29.1 Å². The van der Waals surface area contributed by atoms with E-state index in [-0.39, 0.29) is 5.91 Å². The first-order chi connectivity index (χ1) is 9.08. The Labute approximate surface area is 117 Å². The van der Waals surface area contributed by atoms with Crippen LogP contribution >= 0.6 is 12.2 Å². The summed E-state index contributed by atoms with van der Waals surface area (Å²) < 4.78 is 2.46. The molecule has 2 heterocycles. The second-order valence-electron chi connectivity index (χ2n) is 4.90. The minimum Gasteiger partial charge on any atom is -0.356 e. The maximum absolute atomic E-state index is 11.7. The number of nitrogens with one attached hydrogen (secondary N) is 2. The van der Waals surface area contributed by atoms with Gasteiger partial charge < -0.3 is 14.9 Å². The molecule has 0 aliphatic rings. The molecule has 0 aromatic carbocycles. The van der Waals surface area contributed by atoms with Gasteiger partial charge in [-0.1, -0.05) is 13.8 Å². The summed E-state index contributed by atoms with van der Waals surface area (Å²) in [6.45, 7) is 5.38. The molecule has 0 saturated heterocycles. The molecule has 2 aromatic rings. The Kier molecular flexibility index (Phi) is 4.31. The Morgan fingerprint density at radius 2 is 2.37 bits per heavy atom. The molecule has 102 valence electrons. The highest BCUT2D eigenvalue weighted by Gasteiger charge is 2.07. The van der Waals surface area contributed by atoms with Crippen LogP contribution in [-0.2, 0) is 11.3 Å². The zero-order chi connectivity index (χ0) is 13.8. The Bertz CT molecular complexity index is 629. The predicted molar refractivity (Wildman–Crippen MR) is 77.4 cm³/mol. The van der Waals surface area contributed by atoms with E-state index in [4.69, 9.17) is 12.2 Å². The summed E-state index contributed by atoms with van der Waals surface area (Å²) in [7, 11) is 0. The molecule has 0 atom stereocenters. The average Bonchev–Trinajstić information content (AvgIpc) is 2.69. The van der Waals surface area contributed by atoms with Gasteiger partial charge in [-0.3, -0.25) is 4.79 Å². The van der Waals surface area contributed by atoms with Crippen molar-refractivity contribution in [2.45, 2.75) is 26.8 Å². The highest BCUT2D eigenvalue weighted by atomic mass is 32.1. The van der Waals surface area contributed by atoms with Gasteiger partial charge in [0.25, 0.3) is 0 Å². The first-order valence-electron chi connectivity index (χ1n) is 6.38. The van der Waals surface area contributed by atoms with Gasteiger partial charge in [0.2, 0.25) is 5.91 Å². The number of rotatable bonds is 5. The number of carbonyl (C=O) groups is 1. The van der Waals surface area contributed by atoms with Crippen molar-refractivity contribution < 1.29 is 4.79 Å². The molecular weight excluding hydrogens is 260 g/mol. The summed E-state index contributed by atoms with van der Waals surface area (Å²) in [4.78, 5) is 19.1. The second-order valence-corrected chi connectivity index (χ2v) is 5.29. The maximum Gasteiger partial charge on any atom is 0.221 e. The van der Waals surface area contributed by atoms with E-state index in [1.165, 1.54) is 0 Å². The lowest BCUT2D eigenvalue weighted by atomic mass is 10.2. The van der Waals surface area contributed by atoms with Gasteiger partial charge in [-0.15, -0.1) is 0 Å². The van der Waals surface area contributed by atoms with Crippen molar-refractivity contribution in [1.29, 1.82) is 0 Å². The van der Waals surface area contributed by atoms with Crippen LogP contribution in [0.2, 0.25) is 0 Å². The van der Waals surface area contributed by atoms with Crippen LogP contribution in [0.5, 0.6) is 0 Å². The molecule has 2 aromatic heterocycles. The van der Waals surface area contributed by atoms with Gasteiger partial charge >= 0.3 is 0 Å². The molecule has 5 nitrogen and oxygen atoms in total. The molecular formula is C13H18N4OS. The summed E-state index contributed by atoms with van der Waals surface area (Å²) in [6.07, 6.45) is 2.13. The molecule has 0 fully saturated rings. The zero-order valence-electron chi connectivity index (χ0n) is 11.1. The van der Waals surface area contributed by atoms with Gasteiger partial charge in [-0.25, -0.2) is 4.98 Å². The highest BCUT2D eigenvalue weighted by Crippen LogP contribution is 2.10. The molecule has 1 amide bonds. The van der Waals surface area contributed by atoms with Gasteiger partial charge in [0.05, 0.1) is 5.52 Å². The number of hydrogen-bond acceptors (Lipinski definition) is 3. The summed E-state index contributed by atoms with van der Waals surface area (Å²) in [6, 6.07) is 3.78. The number of fused-ring (bicyclic) bond motifs is 1. The number of aryl methyl sites for hydroxylation is 1. The molecule has 0 bridgehead atoms. The molecule has 0 unspecified atom stereocenters. The molecule has 0 saturated carbocycles. The largest absolute Gasteiger partial charge is 0.356 e. The van der Waals surface area contributed by atoms with Crippen LogP contribution in [-0.4, -0.2) is 27.0 Å². The van der Waals surface area contributed by atoms with Gasteiger partial charge in [0.15, 0.2) is 10.4 Å². The first kappa shape index (κ1) is 13.7. The molecule has 0 spiro atoms. The predicted octanol–water partition coefficient (Wildman–Crippen LogP) is 2.26. The smallest absolute Gasteiger partial charge is 0.221 e. The van der Waals surface area contributed by atoms with Crippen LogP contribution in [0.25, 0.3) is 11.2 Å². The lowest BCUT2D eigenvalue weighted by Crippen LogP contribution is -2.28. The topological polar surface area (TPSA) is 62.7 Å². The number of hydrogen-bond donors (Lipinski definition) is 2. The minimum absolute atomic E-state index is 0.0425. The molecule has 2 N–H and O–H groups in total. The van der Waals surface area contributed by atoms with E-state index < -0.39 is 0 Å². The molecule has 6 heteroatoms. The number of carbonyl (C=O) groups excluding carboxylic acids is 1. The second kappa shape index (κ2) is 5.97. The van der Waals surface area contributed by atoms with E-state index in [0.29, 0.717) is 30.2 Å². The van der Waals surface area contributed by atoms with Gasteiger partial charge in [-0.2, -0.15) is 0 Å². The summed E-state index contributed by atoms with van der Waals surface area (Å²) >= 11 is 5.25. The monoisotopic (exact) mass is 278 g/mol. The van der Waals surface area contributed by atoms with E-state index in [9.17, 15) is 4.79 Å². The summed E-state index contributed by atoms with van der Waals surface area (Å²) in [5.74, 6) is 0.502. The van der Waals surface area contributed by atoms with E-state index in [0.717, 1.165) is 11.2 Å². The number of pyridine rings is 1. The third kappa shape index (κ3) is 3.41. The van der Waals surface area contributed by atoms with Crippen molar-refractivity contribution in [2.75, 3.05) is 6.54 Å². The van der Waals surface area contributed by atoms with Crippen molar-refractivity contribution in [1.82, 2.24) is 19.9 Å². The Hall–Kier alpha value is -1.69. The minimum atomic E-state index is 0.0425. The SMILES string of the molecule is CC(C)CNC(=O)CCn1c(=S)[nH]c2cccnc21. The Morgan fingerprint density at radius 3 is 3.11 bits per heavy atom. The fourth-order valence-electron chi connectivity index (χ4n) is 1.82. The first-order valence-corrected chi connectivity index (χ1v) is 6.79. The normalized spacial score (nSPS) is 11.1. The standard InChI is InChI=1S/C13H18N4OS/c1-9(2)8-15-11(18)5-7-17-12-10(16-13(17)19)4-3-6-14-12/h3-4,6,9H,5,7-8H2,1-2H3,(H,15,18)(H,16,19). The Balaban J connectivity index is 2.04. The lowest BCUT2D eigenvalue weighted by Gasteiger charge is -2.08. The maximum atomic E-state index is 11.7. The highest BCUT2D eigenvalue weighted by molar-refractivity contribution is 7.71. The van der Waals surface area contributed by atoms with E-state index >= 15 is 0 Å². The van der Waals surface area contributed by atoms with Crippen molar-refractivity contribution in [2.24, 2.45) is 5.92 Å². The van der Waals surface area contributed by atoms with Gasteiger partial charge in [0, 0.05) is 25.7 Å². The van der Waals surface area contributed by atoms with E-state index in [1.54, 1.807) is 6.20 Å². The quantitative estimate of drug-likeness (QED) is 0.825. The fourth-order valence-corrected chi connectivity index (χ4v) is 2.10. The van der Waals surface area contributed by atoms with Crippen molar-refractivity contribution in [3.63, 3.8) is 0 Å². The summed E-state index contributed by atoms with van der Waals surface area (Å²) in [5.41, 5.74) is 1.69. The fraction of sp³-hybridized carbons (Fsp3) is 0.462. The van der Waals surface area contributed by atoms with Crippen LogP contribution < -0.4 is 5.32 Å². The molecule has 0 radical (unpaired) electrons.